The molecule has 1 atom stereocenters. The van der Waals surface area contributed by atoms with E-state index >= 15 is 0 Å². The minimum absolute atomic E-state index is 0.100. The molecule has 25 heavy (non-hydrogen) atoms. The molecular weight excluding hydrogens is 320 g/mol. The Hall–Kier alpha value is -3.35. The Morgan fingerprint density at radius 2 is 1.96 bits per heavy atom. The molecule has 0 bridgehead atoms. The van der Waals surface area contributed by atoms with Gasteiger partial charge >= 0.3 is 5.97 Å². The highest BCUT2D eigenvalue weighted by Gasteiger charge is 2.28. The topological polar surface area (TPSA) is 124 Å². The summed E-state index contributed by atoms with van der Waals surface area (Å²) in [6, 6.07) is 8.63. The maximum Gasteiger partial charge on any atom is 0.335 e. The summed E-state index contributed by atoms with van der Waals surface area (Å²) in [6.45, 7) is 2.61. The van der Waals surface area contributed by atoms with Crippen molar-refractivity contribution in [2.75, 3.05) is 18.1 Å². The highest BCUT2D eigenvalue weighted by Crippen LogP contribution is 2.46. The van der Waals surface area contributed by atoms with Crippen LogP contribution in [0.1, 0.15) is 28.8 Å². The van der Waals surface area contributed by atoms with Gasteiger partial charge in [-0.25, -0.2) is 9.78 Å². The van der Waals surface area contributed by atoms with Crippen molar-refractivity contribution in [3.05, 3.63) is 41.5 Å². The van der Waals surface area contributed by atoms with E-state index in [4.69, 9.17) is 21.3 Å². The molecule has 0 spiro atoms. The fourth-order valence-corrected chi connectivity index (χ4v) is 3.29. The number of fused-ring (bicyclic) bond motifs is 3. The molecule has 0 aliphatic carbocycles. The largest absolute Gasteiger partial charge is 0.492 e. The fourth-order valence-electron chi connectivity index (χ4n) is 3.29. The van der Waals surface area contributed by atoms with Gasteiger partial charge in [0.25, 0.3) is 0 Å². The third kappa shape index (κ3) is 2.32. The van der Waals surface area contributed by atoms with Gasteiger partial charge in [0.05, 0.1) is 23.1 Å². The second-order valence-corrected chi connectivity index (χ2v) is 6.12. The molecule has 3 aromatic rings. The van der Waals surface area contributed by atoms with Crippen LogP contribution in [0.4, 0.5) is 11.8 Å². The lowest BCUT2D eigenvalue weighted by Gasteiger charge is -2.14. The standard InChI is InChI=1S/C18H16N4O3/c1-8-7-25-15-13(8)11(9-2-4-10(5-3-9)17(23)24)6-12-14(15)16(19)22-18(20)21-12/h2-6,8H,7H2,1H3,(H,23,24)(H4,19,20,21,22). The monoisotopic (exact) mass is 336 g/mol. The summed E-state index contributed by atoms with van der Waals surface area (Å²) in [7, 11) is 0. The Morgan fingerprint density at radius 3 is 2.64 bits per heavy atom. The van der Waals surface area contributed by atoms with Crippen LogP contribution < -0.4 is 16.2 Å². The van der Waals surface area contributed by atoms with E-state index in [1.54, 1.807) is 24.3 Å². The summed E-state index contributed by atoms with van der Waals surface area (Å²) in [5.41, 5.74) is 15.5. The zero-order valence-corrected chi connectivity index (χ0v) is 13.5. The van der Waals surface area contributed by atoms with Crippen LogP contribution in [0.25, 0.3) is 22.0 Å². The number of anilines is 2. The van der Waals surface area contributed by atoms with E-state index in [2.05, 4.69) is 16.9 Å². The first-order valence-electron chi connectivity index (χ1n) is 7.82. The van der Waals surface area contributed by atoms with Crippen LogP contribution in [0.3, 0.4) is 0 Å². The van der Waals surface area contributed by atoms with Gasteiger partial charge in [0.15, 0.2) is 0 Å². The molecule has 2 heterocycles. The zero-order valence-electron chi connectivity index (χ0n) is 13.5. The molecule has 1 unspecified atom stereocenters. The minimum atomic E-state index is -0.958. The lowest BCUT2D eigenvalue weighted by atomic mass is 9.90. The van der Waals surface area contributed by atoms with E-state index in [1.165, 1.54) is 0 Å². The average molecular weight is 336 g/mol. The lowest BCUT2D eigenvalue weighted by Crippen LogP contribution is -2.02. The van der Waals surface area contributed by atoms with Crippen molar-refractivity contribution in [2.24, 2.45) is 0 Å². The van der Waals surface area contributed by atoms with Gasteiger partial charge in [0, 0.05) is 11.5 Å². The van der Waals surface area contributed by atoms with Gasteiger partial charge in [0.2, 0.25) is 5.95 Å². The van der Waals surface area contributed by atoms with Gasteiger partial charge in [-0.3, -0.25) is 0 Å². The molecule has 0 radical (unpaired) electrons. The van der Waals surface area contributed by atoms with Crippen LogP contribution in [-0.4, -0.2) is 27.7 Å². The van der Waals surface area contributed by atoms with Crippen LogP contribution in [0.5, 0.6) is 5.75 Å². The van der Waals surface area contributed by atoms with Crippen molar-refractivity contribution >= 4 is 28.6 Å². The van der Waals surface area contributed by atoms with Gasteiger partial charge in [-0.05, 0) is 29.3 Å². The van der Waals surface area contributed by atoms with Crippen molar-refractivity contribution in [3.63, 3.8) is 0 Å². The number of nitrogen functional groups attached to an aromatic ring is 2. The average Bonchev–Trinajstić information content (AvgIpc) is 2.95. The predicted octanol–water partition coefficient (Wildman–Crippen LogP) is 2.66. The summed E-state index contributed by atoms with van der Waals surface area (Å²) >= 11 is 0. The van der Waals surface area contributed by atoms with Crippen molar-refractivity contribution in [3.8, 4) is 16.9 Å². The molecule has 0 amide bonds. The first-order chi connectivity index (χ1) is 12.0. The maximum absolute atomic E-state index is 11.1. The molecule has 0 saturated heterocycles. The Labute approximate surface area is 143 Å². The van der Waals surface area contributed by atoms with Crippen molar-refractivity contribution < 1.29 is 14.6 Å². The van der Waals surface area contributed by atoms with E-state index in [-0.39, 0.29) is 17.4 Å². The molecular formula is C18H16N4O3. The zero-order chi connectivity index (χ0) is 17.7. The number of nitrogens with two attached hydrogens (primary N) is 2. The van der Waals surface area contributed by atoms with Gasteiger partial charge < -0.3 is 21.3 Å². The SMILES string of the molecule is CC1COc2c1c(-c1ccc(C(=O)O)cc1)cc1nc(N)nc(N)c21. The molecule has 0 saturated carbocycles. The molecule has 126 valence electrons. The number of carboxylic acids is 1. The molecule has 1 aliphatic heterocycles. The van der Waals surface area contributed by atoms with Crippen molar-refractivity contribution in [2.45, 2.75) is 12.8 Å². The van der Waals surface area contributed by atoms with E-state index in [1.807, 2.05) is 6.07 Å². The summed E-state index contributed by atoms with van der Waals surface area (Å²) in [6.07, 6.45) is 0. The Morgan fingerprint density at radius 1 is 1.24 bits per heavy atom. The number of hydrogen-bond donors (Lipinski definition) is 3. The second kappa shape index (κ2) is 5.34. The second-order valence-electron chi connectivity index (χ2n) is 6.12. The first-order valence-corrected chi connectivity index (χ1v) is 7.82. The van der Waals surface area contributed by atoms with E-state index in [0.29, 0.717) is 29.1 Å². The number of aromatic carboxylic acids is 1. The molecule has 7 heteroatoms. The number of nitrogens with zero attached hydrogens (tertiary/aromatic N) is 2. The van der Waals surface area contributed by atoms with Crippen LogP contribution >= 0.6 is 0 Å². The van der Waals surface area contributed by atoms with E-state index in [9.17, 15) is 4.79 Å². The number of ether oxygens (including phenoxy) is 1. The third-order valence-electron chi connectivity index (χ3n) is 4.44. The fraction of sp³-hybridized carbons (Fsp3) is 0.167. The van der Waals surface area contributed by atoms with Gasteiger partial charge in [-0.1, -0.05) is 19.1 Å². The number of rotatable bonds is 2. The van der Waals surface area contributed by atoms with Crippen LogP contribution in [0, 0.1) is 0 Å². The number of hydrogen-bond acceptors (Lipinski definition) is 6. The summed E-state index contributed by atoms with van der Waals surface area (Å²) in [5.74, 6) is 0.286. The predicted molar refractivity (Wildman–Crippen MR) is 94.7 cm³/mol. The number of benzene rings is 2. The van der Waals surface area contributed by atoms with Gasteiger partial charge in [0.1, 0.15) is 11.6 Å². The smallest absolute Gasteiger partial charge is 0.335 e. The molecule has 4 rings (SSSR count). The van der Waals surface area contributed by atoms with Crippen molar-refractivity contribution in [1.82, 2.24) is 9.97 Å². The molecule has 1 aromatic heterocycles. The number of carbonyl (C=O) groups is 1. The molecule has 2 aromatic carbocycles. The highest BCUT2D eigenvalue weighted by molar-refractivity contribution is 6.00. The number of aromatic nitrogens is 2. The lowest BCUT2D eigenvalue weighted by molar-refractivity contribution is 0.0697. The van der Waals surface area contributed by atoms with Gasteiger partial charge in [-0.2, -0.15) is 4.98 Å². The highest BCUT2D eigenvalue weighted by atomic mass is 16.5. The first kappa shape index (κ1) is 15.2. The Kier molecular flexibility index (Phi) is 3.24. The van der Waals surface area contributed by atoms with Crippen molar-refractivity contribution in [1.29, 1.82) is 0 Å². The quantitative estimate of drug-likeness (QED) is 0.657. The minimum Gasteiger partial charge on any atom is -0.492 e. The molecule has 1 aliphatic rings. The summed E-state index contributed by atoms with van der Waals surface area (Å²) < 4.78 is 5.87. The maximum atomic E-state index is 11.1. The summed E-state index contributed by atoms with van der Waals surface area (Å²) in [4.78, 5) is 19.4. The van der Waals surface area contributed by atoms with Crippen LogP contribution in [0.2, 0.25) is 0 Å². The third-order valence-corrected chi connectivity index (χ3v) is 4.44. The van der Waals surface area contributed by atoms with E-state index < -0.39 is 5.97 Å². The Balaban J connectivity index is 2.01. The molecule has 7 nitrogen and oxygen atoms in total. The molecule has 5 N–H and O–H groups in total. The van der Waals surface area contributed by atoms with Gasteiger partial charge in [-0.15, -0.1) is 0 Å². The summed E-state index contributed by atoms with van der Waals surface area (Å²) in [5, 5.41) is 9.75. The van der Waals surface area contributed by atoms with E-state index in [0.717, 1.165) is 16.7 Å². The normalized spacial score (nSPS) is 15.8. The Bertz CT molecular complexity index is 1020. The van der Waals surface area contributed by atoms with Crippen LogP contribution in [-0.2, 0) is 0 Å². The molecule has 0 fully saturated rings. The van der Waals surface area contributed by atoms with Crippen LogP contribution in [0.15, 0.2) is 30.3 Å². The number of carboxylic acid groups (broad SMARTS) is 1.